The van der Waals surface area contributed by atoms with Crippen LogP contribution in [0, 0.1) is 0 Å². The van der Waals surface area contributed by atoms with Crippen LogP contribution in [0.5, 0.6) is 5.75 Å². The summed E-state index contributed by atoms with van der Waals surface area (Å²) in [5, 5.41) is 7.20. The Bertz CT molecular complexity index is 809. The van der Waals surface area contributed by atoms with Gasteiger partial charge in [-0.25, -0.2) is 5.43 Å². The number of hydrogen-bond donors (Lipinski definition) is 2. The van der Waals surface area contributed by atoms with Crippen LogP contribution in [-0.4, -0.2) is 31.7 Å². The number of hydrazone groups is 1. The standard InChI is InChI=1S/C17H15Cl2N3O3/c1-25-15-5-3-2-4-13(15)17(24)20-10-16(23)22-21-9-11-6-7-12(18)8-14(11)19/h2-9H,10H2,1H3,(H,20,24)(H,22,23)/b21-9+. The number of nitrogens with zero attached hydrogens (tertiary/aromatic N) is 1. The third-order valence-corrected chi connectivity index (χ3v) is 3.68. The van der Waals surface area contributed by atoms with Gasteiger partial charge in [0, 0.05) is 10.6 Å². The Morgan fingerprint density at radius 3 is 2.68 bits per heavy atom. The highest BCUT2D eigenvalue weighted by atomic mass is 35.5. The van der Waals surface area contributed by atoms with Crippen LogP contribution in [0.1, 0.15) is 15.9 Å². The molecule has 6 nitrogen and oxygen atoms in total. The summed E-state index contributed by atoms with van der Waals surface area (Å²) in [7, 11) is 1.47. The smallest absolute Gasteiger partial charge is 0.259 e. The summed E-state index contributed by atoms with van der Waals surface area (Å²) >= 11 is 11.8. The number of hydrogen-bond acceptors (Lipinski definition) is 4. The highest BCUT2D eigenvalue weighted by molar-refractivity contribution is 6.36. The van der Waals surface area contributed by atoms with Gasteiger partial charge in [0.15, 0.2) is 0 Å². The third kappa shape index (κ3) is 5.48. The van der Waals surface area contributed by atoms with E-state index in [-0.39, 0.29) is 6.54 Å². The molecule has 8 heteroatoms. The zero-order valence-electron chi connectivity index (χ0n) is 13.3. The van der Waals surface area contributed by atoms with Gasteiger partial charge < -0.3 is 10.1 Å². The van der Waals surface area contributed by atoms with E-state index >= 15 is 0 Å². The van der Waals surface area contributed by atoms with Gasteiger partial charge in [-0.2, -0.15) is 5.10 Å². The number of halogens is 2. The summed E-state index contributed by atoms with van der Waals surface area (Å²) in [6.07, 6.45) is 1.39. The average molecular weight is 380 g/mol. The van der Waals surface area contributed by atoms with Crippen molar-refractivity contribution in [3.8, 4) is 5.75 Å². The Kier molecular flexibility index (Phi) is 6.80. The first-order valence-corrected chi connectivity index (χ1v) is 7.95. The summed E-state index contributed by atoms with van der Waals surface area (Å²) < 4.78 is 5.10. The summed E-state index contributed by atoms with van der Waals surface area (Å²) in [5.41, 5.74) is 3.24. The van der Waals surface area contributed by atoms with Crippen molar-refractivity contribution in [2.45, 2.75) is 0 Å². The fraction of sp³-hybridized carbons (Fsp3) is 0.118. The van der Waals surface area contributed by atoms with Gasteiger partial charge in [0.1, 0.15) is 5.75 Å². The predicted octanol–water partition coefficient (Wildman–Crippen LogP) is 2.88. The molecule has 0 aliphatic heterocycles. The maximum atomic E-state index is 12.1. The van der Waals surface area contributed by atoms with Crippen molar-refractivity contribution in [2.75, 3.05) is 13.7 Å². The molecule has 2 aromatic rings. The number of methoxy groups -OCH3 is 1. The number of carbonyl (C=O) groups is 2. The number of ether oxygens (including phenoxy) is 1. The molecule has 0 aliphatic carbocycles. The molecule has 0 fully saturated rings. The molecule has 0 atom stereocenters. The number of carbonyl (C=O) groups excluding carboxylic acids is 2. The minimum atomic E-state index is -0.482. The molecule has 2 rings (SSSR count). The van der Waals surface area contributed by atoms with E-state index in [0.717, 1.165) is 0 Å². The minimum absolute atomic E-state index is 0.234. The van der Waals surface area contributed by atoms with Crippen LogP contribution in [0.4, 0.5) is 0 Å². The number of para-hydroxylation sites is 1. The Hall–Kier alpha value is -2.57. The molecule has 0 aliphatic rings. The van der Waals surface area contributed by atoms with Crippen LogP contribution in [0.2, 0.25) is 10.0 Å². The molecule has 0 saturated carbocycles. The van der Waals surface area contributed by atoms with E-state index in [9.17, 15) is 9.59 Å². The molecule has 0 bridgehead atoms. The van der Waals surface area contributed by atoms with E-state index in [1.165, 1.54) is 13.3 Å². The van der Waals surface area contributed by atoms with Crippen molar-refractivity contribution < 1.29 is 14.3 Å². The van der Waals surface area contributed by atoms with Gasteiger partial charge in [0.2, 0.25) is 0 Å². The lowest BCUT2D eigenvalue weighted by atomic mass is 10.2. The van der Waals surface area contributed by atoms with Crippen molar-refractivity contribution in [1.29, 1.82) is 0 Å². The molecule has 2 N–H and O–H groups in total. The molecule has 0 unspecified atom stereocenters. The maximum Gasteiger partial charge on any atom is 0.259 e. The van der Waals surface area contributed by atoms with E-state index in [1.54, 1.807) is 42.5 Å². The number of nitrogens with one attached hydrogen (secondary N) is 2. The molecule has 0 saturated heterocycles. The molecule has 130 valence electrons. The molecule has 0 heterocycles. The van der Waals surface area contributed by atoms with E-state index in [4.69, 9.17) is 27.9 Å². The van der Waals surface area contributed by atoms with Crippen molar-refractivity contribution in [3.63, 3.8) is 0 Å². The lowest BCUT2D eigenvalue weighted by molar-refractivity contribution is -0.120. The van der Waals surface area contributed by atoms with Crippen LogP contribution in [0.15, 0.2) is 47.6 Å². The molecular formula is C17H15Cl2N3O3. The highest BCUT2D eigenvalue weighted by Crippen LogP contribution is 2.19. The van der Waals surface area contributed by atoms with Gasteiger partial charge in [-0.15, -0.1) is 0 Å². The van der Waals surface area contributed by atoms with Gasteiger partial charge >= 0.3 is 0 Å². The molecule has 2 aromatic carbocycles. The quantitative estimate of drug-likeness (QED) is 0.598. The second-order valence-corrected chi connectivity index (χ2v) is 5.69. The SMILES string of the molecule is COc1ccccc1C(=O)NCC(=O)N/N=C/c1ccc(Cl)cc1Cl. The Balaban J connectivity index is 1.86. The zero-order valence-corrected chi connectivity index (χ0v) is 14.8. The molecule has 0 spiro atoms. The van der Waals surface area contributed by atoms with Crippen molar-refractivity contribution in [3.05, 3.63) is 63.6 Å². The normalized spacial score (nSPS) is 10.5. The predicted molar refractivity (Wildman–Crippen MR) is 97.5 cm³/mol. The monoisotopic (exact) mass is 379 g/mol. The fourth-order valence-electron chi connectivity index (χ4n) is 1.91. The average Bonchev–Trinajstić information content (AvgIpc) is 2.61. The first-order chi connectivity index (χ1) is 12.0. The summed E-state index contributed by atoms with van der Waals surface area (Å²) in [4.78, 5) is 23.8. The second-order valence-electron chi connectivity index (χ2n) is 4.84. The second kappa shape index (κ2) is 9.05. The molecule has 0 aromatic heterocycles. The van der Waals surface area contributed by atoms with Crippen LogP contribution >= 0.6 is 23.2 Å². The van der Waals surface area contributed by atoms with E-state index in [0.29, 0.717) is 26.9 Å². The van der Waals surface area contributed by atoms with Crippen molar-refractivity contribution in [1.82, 2.24) is 10.7 Å². The van der Waals surface area contributed by atoms with Gasteiger partial charge in [0.25, 0.3) is 11.8 Å². The van der Waals surface area contributed by atoms with E-state index in [1.807, 2.05) is 0 Å². The molecule has 25 heavy (non-hydrogen) atoms. The van der Waals surface area contributed by atoms with E-state index in [2.05, 4.69) is 15.8 Å². The van der Waals surface area contributed by atoms with Crippen molar-refractivity contribution in [2.24, 2.45) is 5.10 Å². The number of benzene rings is 2. The summed E-state index contributed by atoms with van der Waals surface area (Å²) in [6.45, 7) is -0.234. The Morgan fingerprint density at radius 1 is 1.20 bits per heavy atom. The van der Waals surface area contributed by atoms with Gasteiger partial charge in [0.05, 0.1) is 30.5 Å². The summed E-state index contributed by atoms with van der Waals surface area (Å²) in [6, 6.07) is 11.6. The minimum Gasteiger partial charge on any atom is -0.496 e. The highest BCUT2D eigenvalue weighted by Gasteiger charge is 2.12. The maximum absolute atomic E-state index is 12.1. The topological polar surface area (TPSA) is 79.8 Å². The molecular weight excluding hydrogens is 365 g/mol. The Morgan fingerprint density at radius 2 is 1.96 bits per heavy atom. The van der Waals surface area contributed by atoms with Gasteiger partial charge in [-0.3, -0.25) is 9.59 Å². The zero-order chi connectivity index (χ0) is 18.2. The van der Waals surface area contributed by atoms with Crippen molar-refractivity contribution >= 4 is 41.2 Å². The fourth-order valence-corrected chi connectivity index (χ4v) is 2.36. The lowest BCUT2D eigenvalue weighted by Gasteiger charge is -2.08. The summed E-state index contributed by atoms with van der Waals surface area (Å²) in [5.74, 6) is -0.474. The largest absolute Gasteiger partial charge is 0.496 e. The third-order valence-electron chi connectivity index (χ3n) is 3.12. The first-order valence-electron chi connectivity index (χ1n) is 7.19. The molecule has 2 amide bonds. The number of amides is 2. The first kappa shape index (κ1) is 18.8. The van der Waals surface area contributed by atoms with Crippen LogP contribution < -0.4 is 15.5 Å². The lowest BCUT2D eigenvalue weighted by Crippen LogP contribution is -2.35. The van der Waals surface area contributed by atoms with Gasteiger partial charge in [-0.1, -0.05) is 41.4 Å². The Labute approximate surface area is 154 Å². The van der Waals surface area contributed by atoms with Crippen LogP contribution in [-0.2, 0) is 4.79 Å². The molecule has 0 radical (unpaired) electrons. The number of rotatable bonds is 6. The van der Waals surface area contributed by atoms with Gasteiger partial charge in [-0.05, 0) is 24.3 Å². The van der Waals surface area contributed by atoms with Crippen LogP contribution in [0.3, 0.4) is 0 Å². The van der Waals surface area contributed by atoms with Crippen LogP contribution in [0.25, 0.3) is 0 Å². The van der Waals surface area contributed by atoms with E-state index < -0.39 is 11.8 Å².